The van der Waals surface area contributed by atoms with Gasteiger partial charge in [-0.1, -0.05) is 19.0 Å². The molecule has 0 amide bonds. The van der Waals surface area contributed by atoms with E-state index in [9.17, 15) is 4.79 Å². The summed E-state index contributed by atoms with van der Waals surface area (Å²) in [6.07, 6.45) is 0.729. The number of nitrogens with one attached hydrogen (secondary N) is 1. The summed E-state index contributed by atoms with van der Waals surface area (Å²) in [5, 5.41) is 4.02. The molecule has 112 valence electrons. The Morgan fingerprint density at radius 1 is 1.48 bits per heavy atom. The second-order valence-electron chi connectivity index (χ2n) is 5.92. The standard InChI is InChI=1S/C15H20N4O2/c1-9(2)14-16-13-8-19(5-4-12(13)15(20)17-14)7-11-6-10(3)21-18-11/h6,9H,4-5,7-8H2,1-3H3,(H,16,17,20). The van der Waals surface area contributed by atoms with Crippen molar-refractivity contribution >= 4 is 0 Å². The number of hydrogen-bond acceptors (Lipinski definition) is 5. The van der Waals surface area contributed by atoms with E-state index >= 15 is 0 Å². The van der Waals surface area contributed by atoms with E-state index in [0.717, 1.165) is 48.0 Å². The van der Waals surface area contributed by atoms with E-state index < -0.39 is 0 Å². The van der Waals surface area contributed by atoms with Crippen LogP contribution in [0.3, 0.4) is 0 Å². The average molecular weight is 288 g/mol. The normalized spacial score (nSPS) is 15.4. The second kappa shape index (κ2) is 5.44. The summed E-state index contributed by atoms with van der Waals surface area (Å²) in [6, 6.07) is 1.94. The molecule has 0 radical (unpaired) electrons. The first-order chi connectivity index (χ1) is 10.0. The van der Waals surface area contributed by atoms with Crippen LogP contribution in [0, 0.1) is 6.92 Å². The first-order valence-electron chi connectivity index (χ1n) is 7.29. The minimum atomic E-state index is 0.0145. The summed E-state index contributed by atoms with van der Waals surface area (Å²) < 4.78 is 5.10. The second-order valence-corrected chi connectivity index (χ2v) is 5.92. The lowest BCUT2D eigenvalue weighted by Crippen LogP contribution is -2.35. The van der Waals surface area contributed by atoms with E-state index in [1.807, 2.05) is 26.8 Å². The van der Waals surface area contributed by atoms with Crippen LogP contribution in [0.4, 0.5) is 0 Å². The molecule has 1 aliphatic heterocycles. The zero-order valence-corrected chi connectivity index (χ0v) is 12.6. The molecule has 3 heterocycles. The highest BCUT2D eigenvalue weighted by atomic mass is 16.5. The third kappa shape index (κ3) is 2.90. The van der Waals surface area contributed by atoms with Gasteiger partial charge in [0, 0.05) is 37.2 Å². The highest BCUT2D eigenvalue weighted by molar-refractivity contribution is 5.22. The lowest BCUT2D eigenvalue weighted by molar-refractivity contribution is 0.232. The fourth-order valence-corrected chi connectivity index (χ4v) is 2.64. The van der Waals surface area contributed by atoms with Crippen LogP contribution in [0.2, 0.25) is 0 Å². The summed E-state index contributed by atoms with van der Waals surface area (Å²) in [6.45, 7) is 8.20. The molecule has 0 atom stereocenters. The first kappa shape index (κ1) is 14.0. The lowest BCUT2D eigenvalue weighted by atomic mass is 10.1. The maximum atomic E-state index is 12.1. The van der Waals surface area contributed by atoms with Gasteiger partial charge in [-0.15, -0.1) is 0 Å². The third-order valence-corrected chi connectivity index (χ3v) is 3.78. The summed E-state index contributed by atoms with van der Waals surface area (Å²) in [5.74, 6) is 1.80. The molecule has 0 unspecified atom stereocenters. The van der Waals surface area contributed by atoms with Crippen molar-refractivity contribution in [1.29, 1.82) is 0 Å². The van der Waals surface area contributed by atoms with Crippen molar-refractivity contribution in [1.82, 2.24) is 20.0 Å². The van der Waals surface area contributed by atoms with E-state index in [1.54, 1.807) is 0 Å². The molecular weight excluding hydrogens is 268 g/mol. The molecule has 6 nitrogen and oxygen atoms in total. The molecule has 0 saturated heterocycles. The Morgan fingerprint density at radius 2 is 2.29 bits per heavy atom. The molecule has 21 heavy (non-hydrogen) atoms. The number of aromatic amines is 1. The van der Waals surface area contributed by atoms with Gasteiger partial charge in [-0.25, -0.2) is 4.98 Å². The Morgan fingerprint density at radius 3 is 2.95 bits per heavy atom. The van der Waals surface area contributed by atoms with Crippen molar-refractivity contribution in [3.05, 3.63) is 45.0 Å². The molecule has 0 aromatic carbocycles. The van der Waals surface area contributed by atoms with Gasteiger partial charge < -0.3 is 9.51 Å². The SMILES string of the molecule is Cc1cc(CN2CCc3c(nc(C(C)C)[nH]c3=O)C2)no1. The summed E-state index contributed by atoms with van der Waals surface area (Å²) in [7, 11) is 0. The largest absolute Gasteiger partial charge is 0.361 e. The van der Waals surface area contributed by atoms with Crippen molar-refractivity contribution in [3.63, 3.8) is 0 Å². The van der Waals surface area contributed by atoms with Crippen molar-refractivity contribution < 1.29 is 4.52 Å². The number of H-pyrrole nitrogens is 1. The Bertz CT molecular complexity index is 702. The summed E-state index contributed by atoms with van der Waals surface area (Å²) in [5.41, 5.74) is 2.66. The fraction of sp³-hybridized carbons (Fsp3) is 0.533. The predicted molar refractivity (Wildman–Crippen MR) is 78.0 cm³/mol. The molecule has 0 spiro atoms. The van der Waals surface area contributed by atoms with E-state index in [4.69, 9.17) is 4.52 Å². The van der Waals surface area contributed by atoms with Gasteiger partial charge in [-0.05, 0) is 13.3 Å². The van der Waals surface area contributed by atoms with Gasteiger partial charge in [0.1, 0.15) is 11.6 Å². The van der Waals surface area contributed by atoms with Gasteiger partial charge in [0.05, 0.1) is 11.4 Å². The van der Waals surface area contributed by atoms with Crippen LogP contribution >= 0.6 is 0 Å². The van der Waals surface area contributed by atoms with Gasteiger partial charge in [-0.3, -0.25) is 9.69 Å². The molecule has 2 aromatic rings. The van der Waals surface area contributed by atoms with Crippen LogP contribution in [0.1, 0.15) is 48.3 Å². The lowest BCUT2D eigenvalue weighted by Gasteiger charge is -2.27. The quantitative estimate of drug-likeness (QED) is 0.931. The number of aryl methyl sites for hydroxylation is 1. The number of aromatic nitrogens is 3. The van der Waals surface area contributed by atoms with Crippen LogP contribution in [0.25, 0.3) is 0 Å². The van der Waals surface area contributed by atoms with Gasteiger partial charge in [0.15, 0.2) is 0 Å². The summed E-state index contributed by atoms with van der Waals surface area (Å²) in [4.78, 5) is 21.9. The van der Waals surface area contributed by atoms with Crippen molar-refractivity contribution in [2.45, 2.75) is 46.2 Å². The van der Waals surface area contributed by atoms with Crippen LogP contribution in [-0.4, -0.2) is 26.6 Å². The average Bonchev–Trinajstić information content (AvgIpc) is 2.83. The van der Waals surface area contributed by atoms with E-state index in [-0.39, 0.29) is 11.5 Å². The van der Waals surface area contributed by atoms with Crippen molar-refractivity contribution in [2.24, 2.45) is 0 Å². The molecule has 0 bridgehead atoms. The molecule has 3 rings (SSSR count). The molecule has 0 aliphatic carbocycles. The predicted octanol–water partition coefficient (Wildman–Crippen LogP) is 1.75. The number of fused-ring (bicyclic) bond motifs is 1. The van der Waals surface area contributed by atoms with Crippen molar-refractivity contribution in [2.75, 3.05) is 6.54 Å². The maximum absolute atomic E-state index is 12.1. The van der Waals surface area contributed by atoms with E-state index in [2.05, 4.69) is 20.0 Å². The van der Waals surface area contributed by atoms with E-state index in [0.29, 0.717) is 6.54 Å². The zero-order chi connectivity index (χ0) is 15.0. The van der Waals surface area contributed by atoms with Gasteiger partial charge in [-0.2, -0.15) is 0 Å². The Hall–Kier alpha value is -1.95. The maximum Gasteiger partial charge on any atom is 0.254 e. The van der Waals surface area contributed by atoms with Crippen molar-refractivity contribution in [3.8, 4) is 0 Å². The smallest absolute Gasteiger partial charge is 0.254 e. The molecule has 1 N–H and O–H groups in total. The number of rotatable bonds is 3. The fourth-order valence-electron chi connectivity index (χ4n) is 2.64. The van der Waals surface area contributed by atoms with E-state index in [1.165, 1.54) is 0 Å². The molecule has 2 aromatic heterocycles. The first-order valence-corrected chi connectivity index (χ1v) is 7.29. The Balaban J connectivity index is 1.82. The molecular formula is C15H20N4O2. The van der Waals surface area contributed by atoms with Gasteiger partial charge in [0.25, 0.3) is 5.56 Å². The highest BCUT2D eigenvalue weighted by Crippen LogP contribution is 2.18. The molecule has 1 aliphatic rings. The van der Waals surface area contributed by atoms with Gasteiger partial charge in [0.2, 0.25) is 0 Å². The Labute approximate surface area is 123 Å². The third-order valence-electron chi connectivity index (χ3n) is 3.78. The minimum absolute atomic E-state index is 0.0145. The minimum Gasteiger partial charge on any atom is -0.361 e. The zero-order valence-electron chi connectivity index (χ0n) is 12.6. The highest BCUT2D eigenvalue weighted by Gasteiger charge is 2.22. The molecule has 6 heteroatoms. The van der Waals surface area contributed by atoms with Crippen LogP contribution in [0.5, 0.6) is 0 Å². The van der Waals surface area contributed by atoms with Crippen LogP contribution < -0.4 is 5.56 Å². The van der Waals surface area contributed by atoms with Gasteiger partial charge >= 0.3 is 0 Å². The monoisotopic (exact) mass is 288 g/mol. The number of nitrogens with zero attached hydrogens (tertiary/aromatic N) is 3. The van der Waals surface area contributed by atoms with Crippen LogP contribution in [-0.2, 0) is 19.5 Å². The molecule has 0 fully saturated rings. The number of hydrogen-bond donors (Lipinski definition) is 1. The van der Waals surface area contributed by atoms with Crippen LogP contribution in [0.15, 0.2) is 15.4 Å². The Kier molecular flexibility index (Phi) is 3.63. The topological polar surface area (TPSA) is 75.0 Å². The summed E-state index contributed by atoms with van der Waals surface area (Å²) >= 11 is 0. The molecule has 0 saturated carbocycles.